The number of nitro benzene ring substituents is 1. The molecule has 0 spiro atoms. The van der Waals surface area contributed by atoms with Crippen molar-refractivity contribution in [1.29, 1.82) is 0 Å². The van der Waals surface area contributed by atoms with E-state index in [9.17, 15) is 14.9 Å². The summed E-state index contributed by atoms with van der Waals surface area (Å²) in [5.74, 6) is -0.452. The SMILES string of the molecule is Cc1ccc(C(=O)N/N=C\c2cccc([N+](=O)[O-])c2)c(Cl)c1. The highest BCUT2D eigenvalue weighted by Crippen LogP contribution is 2.17. The molecule has 2 rings (SSSR count). The second kappa shape index (κ2) is 6.82. The third-order valence-corrected chi connectivity index (χ3v) is 3.14. The number of aryl methyl sites for hydroxylation is 1. The molecule has 0 bridgehead atoms. The van der Waals surface area contributed by atoms with Crippen molar-refractivity contribution >= 4 is 29.4 Å². The zero-order valence-corrected chi connectivity index (χ0v) is 12.4. The van der Waals surface area contributed by atoms with Gasteiger partial charge in [-0.25, -0.2) is 5.43 Å². The Bertz CT molecular complexity index is 759. The maximum absolute atomic E-state index is 11.9. The molecule has 2 aromatic rings. The van der Waals surface area contributed by atoms with Gasteiger partial charge in [0.25, 0.3) is 11.6 Å². The Balaban J connectivity index is 2.07. The molecule has 0 aromatic heterocycles. The first-order valence-electron chi connectivity index (χ1n) is 6.31. The summed E-state index contributed by atoms with van der Waals surface area (Å²) < 4.78 is 0. The van der Waals surface area contributed by atoms with Crippen molar-refractivity contribution in [1.82, 2.24) is 5.43 Å². The molecule has 112 valence electrons. The van der Waals surface area contributed by atoms with Crippen LogP contribution in [0.5, 0.6) is 0 Å². The van der Waals surface area contributed by atoms with E-state index in [4.69, 9.17) is 11.6 Å². The topological polar surface area (TPSA) is 84.6 Å². The highest BCUT2D eigenvalue weighted by Gasteiger charge is 2.09. The van der Waals surface area contributed by atoms with E-state index in [0.717, 1.165) is 5.56 Å². The van der Waals surface area contributed by atoms with Crippen LogP contribution in [0.15, 0.2) is 47.6 Å². The molecule has 0 unspecified atom stereocenters. The van der Waals surface area contributed by atoms with Gasteiger partial charge in [0.2, 0.25) is 0 Å². The Morgan fingerprint density at radius 3 is 2.77 bits per heavy atom. The van der Waals surface area contributed by atoms with E-state index in [1.165, 1.54) is 24.4 Å². The number of carbonyl (C=O) groups is 1. The van der Waals surface area contributed by atoms with Crippen LogP contribution in [-0.4, -0.2) is 17.0 Å². The van der Waals surface area contributed by atoms with Gasteiger partial charge in [-0.15, -0.1) is 0 Å². The molecule has 0 aliphatic carbocycles. The third-order valence-electron chi connectivity index (χ3n) is 2.83. The number of nitrogens with one attached hydrogen (secondary N) is 1. The lowest BCUT2D eigenvalue weighted by Crippen LogP contribution is -2.18. The average molecular weight is 318 g/mol. The van der Waals surface area contributed by atoms with Crippen molar-refractivity contribution in [3.8, 4) is 0 Å². The van der Waals surface area contributed by atoms with Crippen molar-refractivity contribution in [3.63, 3.8) is 0 Å². The van der Waals surface area contributed by atoms with Gasteiger partial charge in [-0.2, -0.15) is 5.10 Å². The fourth-order valence-corrected chi connectivity index (χ4v) is 2.07. The molecule has 1 amide bonds. The van der Waals surface area contributed by atoms with Crippen LogP contribution in [0.1, 0.15) is 21.5 Å². The summed E-state index contributed by atoms with van der Waals surface area (Å²) in [5, 5.41) is 14.8. The third kappa shape index (κ3) is 3.89. The number of nitro groups is 1. The van der Waals surface area contributed by atoms with Crippen LogP contribution in [0.4, 0.5) is 5.69 Å². The molecule has 22 heavy (non-hydrogen) atoms. The van der Waals surface area contributed by atoms with Crippen LogP contribution in [0.2, 0.25) is 5.02 Å². The van der Waals surface area contributed by atoms with E-state index in [0.29, 0.717) is 16.1 Å². The highest BCUT2D eigenvalue weighted by atomic mass is 35.5. The molecule has 6 nitrogen and oxygen atoms in total. The Morgan fingerprint density at radius 1 is 1.32 bits per heavy atom. The Hall–Kier alpha value is -2.73. The first-order valence-corrected chi connectivity index (χ1v) is 6.69. The first kappa shape index (κ1) is 15.7. The normalized spacial score (nSPS) is 10.6. The van der Waals surface area contributed by atoms with E-state index in [1.54, 1.807) is 24.3 Å². The Labute approximate surface area is 131 Å². The number of benzene rings is 2. The lowest BCUT2D eigenvalue weighted by Gasteiger charge is -2.03. The summed E-state index contributed by atoms with van der Waals surface area (Å²) in [6.45, 7) is 1.87. The van der Waals surface area contributed by atoms with Gasteiger partial charge < -0.3 is 0 Å². The minimum absolute atomic E-state index is 0.0446. The van der Waals surface area contributed by atoms with Gasteiger partial charge in [-0.1, -0.05) is 29.8 Å². The van der Waals surface area contributed by atoms with E-state index < -0.39 is 10.8 Å². The van der Waals surface area contributed by atoms with E-state index in [2.05, 4.69) is 10.5 Å². The van der Waals surface area contributed by atoms with Gasteiger partial charge in [-0.05, 0) is 24.6 Å². The maximum atomic E-state index is 11.9. The van der Waals surface area contributed by atoms with Gasteiger partial charge in [0.15, 0.2) is 0 Å². The monoisotopic (exact) mass is 317 g/mol. The maximum Gasteiger partial charge on any atom is 0.272 e. The van der Waals surface area contributed by atoms with Crippen molar-refractivity contribution in [2.24, 2.45) is 5.10 Å². The van der Waals surface area contributed by atoms with Crippen molar-refractivity contribution in [2.45, 2.75) is 6.92 Å². The smallest absolute Gasteiger partial charge is 0.267 e. The van der Waals surface area contributed by atoms with Crippen molar-refractivity contribution in [2.75, 3.05) is 0 Å². The molecule has 0 saturated carbocycles. The minimum atomic E-state index is -0.498. The van der Waals surface area contributed by atoms with Crippen LogP contribution < -0.4 is 5.43 Å². The van der Waals surface area contributed by atoms with Crippen molar-refractivity contribution in [3.05, 3.63) is 74.3 Å². The van der Waals surface area contributed by atoms with E-state index in [-0.39, 0.29) is 5.69 Å². The van der Waals surface area contributed by atoms with Crippen LogP contribution in [0.3, 0.4) is 0 Å². The average Bonchev–Trinajstić information content (AvgIpc) is 2.47. The molecule has 7 heteroatoms. The predicted octanol–water partition coefficient (Wildman–Crippen LogP) is 3.32. The molecular formula is C15H12ClN3O3. The van der Waals surface area contributed by atoms with E-state index >= 15 is 0 Å². The molecule has 0 heterocycles. The molecule has 1 N–H and O–H groups in total. The van der Waals surface area contributed by atoms with Gasteiger partial charge in [-0.3, -0.25) is 14.9 Å². The summed E-state index contributed by atoms with van der Waals surface area (Å²) in [6.07, 6.45) is 1.33. The largest absolute Gasteiger partial charge is 0.272 e. The first-order chi connectivity index (χ1) is 10.5. The molecule has 2 aromatic carbocycles. The highest BCUT2D eigenvalue weighted by molar-refractivity contribution is 6.33. The van der Waals surface area contributed by atoms with Gasteiger partial charge in [0.1, 0.15) is 0 Å². The number of hydrogen-bond donors (Lipinski definition) is 1. The number of rotatable bonds is 4. The zero-order chi connectivity index (χ0) is 16.1. The molecule has 0 aliphatic rings. The molecule has 0 saturated heterocycles. The summed E-state index contributed by atoms with van der Waals surface area (Å²) >= 11 is 5.99. The Kier molecular flexibility index (Phi) is 4.85. The van der Waals surface area contributed by atoms with Crippen LogP contribution in [-0.2, 0) is 0 Å². The summed E-state index contributed by atoms with van der Waals surface area (Å²) in [6, 6.07) is 11.0. The molecule has 0 fully saturated rings. The van der Waals surface area contributed by atoms with Crippen LogP contribution >= 0.6 is 11.6 Å². The number of amides is 1. The number of hydrazone groups is 1. The predicted molar refractivity (Wildman–Crippen MR) is 84.3 cm³/mol. The van der Waals surface area contributed by atoms with Gasteiger partial charge in [0, 0.05) is 17.7 Å². The molecule has 0 radical (unpaired) electrons. The summed E-state index contributed by atoms with van der Waals surface area (Å²) in [7, 11) is 0. The quantitative estimate of drug-likeness (QED) is 0.533. The van der Waals surface area contributed by atoms with Gasteiger partial charge >= 0.3 is 0 Å². The number of non-ortho nitro benzene ring substituents is 1. The summed E-state index contributed by atoms with van der Waals surface area (Å²) in [4.78, 5) is 22.1. The van der Waals surface area contributed by atoms with Gasteiger partial charge in [0.05, 0.1) is 21.7 Å². The number of hydrogen-bond acceptors (Lipinski definition) is 4. The lowest BCUT2D eigenvalue weighted by molar-refractivity contribution is -0.384. The summed E-state index contributed by atoms with van der Waals surface area (Å²) in [5.41, 5.74) is 4.05. The standard InChI is InChI=1S/C15H12ClN3O3/c1-10-5-6-13(14(16)7-10)15(20)18-17-9-11-3-2-4-12(8-11)19(21)22/h2-9H,1H3,(H,18,20)/b17-9-. The second-order valence-electron chi connectivity index (χ2n) is 4.53. The lowest BCUT2D eigenvalue weighted by atomic mass is 10.1. The molecule has 0 aliphatic heterocycles. The fraction of sp³-hybridized carbons (Fsp3) is 0.0667. The fourth-order valence-electron chi connectivity index (χ4n) is 1.75. The second-order valence-corrected chi connectivity index (χ2v) is 4.94. The number of carbonyl (C=O) groups excluding carboxylic acids is 1. The van der Waals surface area contributed by atoms with Crippen LogP contribution in [0, 0.1) is 17.0 Å². The van der Waals surface area contributed by atoms with Crippen molar-refractivity contribution < 1.29 is 9.72 Å². The molecular weight excluding hydrogens is 306 g/mol. The molecule has 0 atom stereocenters. The van der Waals surface area contributed by atoms with Crippen LogP contribution in [0.25, 0.3) is 0 Å². The Morgan fingerprint density at radius 2 is 2.09 bits per heavy atom. The number of halogens is 1. The minimum Gasteiger partial charge on any atom is -0.267 e. The van der Waals surface area contributed by atoms with E-state index in [1.807, 2.05) is 6.92 Å². The number of nitrogens with zero attached hydrogens (tertiary/aromatic N) is 2. The zero-order valence-electron chi connectivity index (χ0n) is 11.6.